The van der Waals surface area contributed by atoms with Gasteiger partial charge in [-0.1, -0.05) is 40.9 Å². The molecule has 0 unspecified atom stereocenters. The minimum atomic E-state index is -1.68. The Kier molecular flexibility index (Phi) is 9.87. The van der Waals surface area contributed by atoms with E-state index in [9.17, 15) is 4.79 Å². The van der Waals surface area contributed by atoms with Crippen LogP contribution in [0.5, 0.6) is 5.88 Å². The lowest BCUT2D eigenvalue weighted by Gasteiger charge is -2.33. The highest BCUT2D eigenvalue weighted by atomic mass is 35.6. The second-order valence-electron chi connectivity index (χ2n) is 10.0. The number of aromatic nitrogens is 1. The minimum absolute atomic E-state index is 0.133. The lowest BCUT2D eigenvalue weighted by Crippen LogP contribution is -2.37. The van der Waals surface area contributed by atoms with Gasteiger partial charge in [-0.05, 0) is 81.6 Å². The van der Waals surface area contributed by atoms with Gasteiger partial charge in [-0.2, -0.15) is 4.98 Å². The number of pyridine rings is 1. The fraction of sp³-hybridized carbons (Fsp3) is 0.556. The fourth-order valence-electron chi connectivity index (χ4n) is 4.82. The first-order valence-corrected chi connectivity index (χ1v) is 14.0. The SMILES string of the molecule is Cc1ccc(NC(=O)OCC(Cl)(Cl)Cl)cc1-c1cc(OC2CCC(N(C)C)CC2)nc(N2CCOCC2)c1. The zero-order chi connectivity index (χ0) is 27.3. The number of anilines is 2. The van der Waals surface area contributed by atoms with Gasteiger partial charge >= 0.3 is 6.09 Å². The number of alkyl halides is 3. The summed E-state index contributed by atoms with van der Waals surface area (Å²) < 4.78 is 15.3. The van der Waals surface area contributed by atoms with E-state index in [1.165, 1.54) is 0 Å². The van der Waals surface area contributed by atoms with Crippen molar-refractivity contribution in [3.8, 4) is 17.0 Å². The van der Waals surface area contributed by atoms with Crippen LogP contribution in [0.1, 0.15) is 31.2 Å². The van der Waals surface area contributed by atoms with Crippen LogP contribution in [0, 0.1) is 6.92 Å². The van der Waals surface area contributed by atoms with Crippen molar-refractivity contribution in [1.82, 2.24) is 9.88 Å². The van der Waals surface area contributed by atoms with Gasteiger partial charge in [-0.3, -0.25) is 5.32 Å². The first-order valence-electron chi connectivity index (χ1n) is 12.9. The minimum Gasteiger partial charge on any atom is -0.474 e. The Hall–Kier alpha value is -1.97. The zero-order valence-corrected chi connectivity index (χ0v) is 24.3. The van der Waals surface area contributed by atoms with Gasteiger partial charge in [0.25, 0.3) is 0 Å². The van der Waals surface area contributed by atoms with E-state index in [1.54, 1.807) is 6.07 Å². The highest BCUT2D eigenvalue weighted by molar-refractivity contribution is 6.67. The van der Waals surface area contributed by atoms with Crippen molar-refractivity contribution in [2.75, 3.05) is 57.2 Å². The zero-order valence-electron chi connectivity index (χ0n) is 22.0. The number of amides is 1. The summed E-state index contributed by atoms with van der Waals surface area (Å²) in [5.74, 6) is 1.46. The number of nitrogens with one attached hydrogen (secondary N) is 1. The molecular weight excluding hydrogens is 551 g/mol. The Morgan fingerprint density at radius 1 is 1.13 bits per heavy atom. The van der Waals surface area contributed by atoms with E-state index >= 15 is 0 Å². The molecule has 1 aliphatic carbocycles. The molecule has 1 saturated carbocycles. The second-order valence-corrected chi connectivity index (χ2v) is 12.5. The number of carbonyl (C=O) groups excluding carboxylic acids is 1. The van der Waals surface area contributed by atoms with E-state index < -0.39 is 9.89 Å². The van der Waals surface area contributed by atoms with Crippen molar-refractivity contribution in [2.45, 2.75) is 48.5 Å². The molecule has 1 aromatic carbocycles. The quantitative estimate of drug-likeness (QED) is 0.396. The number of rotatable bonds is 7. The molecule has 2 aliphatic rings. The van der Waals surface area contributed by atoms with E-state index in [1.807, 2.05) is 25.1 Å². The fourth-order valence-corrected chi connectivity index (χ4v) is 4.99. The summed E-state index contributed by atoms with van der Waals surface area (Å²) in [4.78, 5) is 21.6. The van der Waals surface area contributed by atoms with Crippen molar-refractivity contribution in [1.29, 1.82) is 0 Å². The van der Waals surface area contributed by atoms with E-state index in [4.69, 9.17) is 54.0 Å². The van der Waals surface area contributed by atoms with Gasteiger partial charge in [0.05, 0.1) is 13.2 Å². The molecular formula is C27H35Cl3N4O4. The number of aryl methyl sites for hydroxylation is 1. The van der Waals surface area contributed by atoms with Gasteiger partial charge in [-0.15, -0.1) is 0 Å². The molecule has 1 saturated heterocycles. The van der Waals surface area contributed by atoms with Gasteiger partial charge in [0.1, 0.15) is 18.5 Å². The average Bonchev–Trinajstić information content (AvgIpc) is 2.89. The molecule has 2 fully saturated rings. The van der Waals surface area contributed by atoms with Crippen molar-refractivity contribution in [2.24, 2.45) is 0 Å². The standard InChI is InChI=1S/C27H35Cl3N4O4/c1-18-4-5-20(31-26(35)37-17-27(28,29)30)16-23(18)19-14-24(34-10-12-36-13-11-34)32-25(15-19)38-22-8-6-21(7-9-22)33(2)3/h4-5,14-16,21-22H,6-13,17H2,1-3H3,(H,31,35). The monoisotopic (exact) mass is 584 g/mol. The predicted octanol–water partition coefficient (Wildman–Crippen LogP) is 6.06. The lowest BCUT2D eigenvalue weighted by molar-refractivity contribution is 0.107. The lowest BCUT2D eigenvalue weighted by atomic mass is 9.92. The second kappa shape index (κ2) is 12.9. The number of hydrogen-bond donors (Lipinski definition) is 1. The smallest absolute Gasteiger partial charge is 0.411 e. The maximum atomic E-state index is 12.2. The van der Waals surface area contributed by atoms with Gasteiger partial charge in [0.2, 0.25) is 9.67 Å². The summed E-state index contributed by atoms with van der Waals surface area (Å²) in [6.07, 6.45) is 3.64. The molecule has 2 aromatic rings. The van der Waals surface area contributed by atoms with Gasteiger partial charge in [0.15, 0.2) is 0 Å². The van der Waals surface area contributed by atoms with Crippen molar-refractivity contribution >= 4 is 52.4 Å². The van der Waals surface area contributed by atoms with Gasteiger partial charge < -0.3 is 24.0 Å². The Morgan fingerprint density at radius 3 is 2.50 bits per heavy atom. The first-order chi connectivity index (χ1) is 18.1. The summed E-state index contributed by atoms with van der Waals surface area (Å²) in [5.41, 5.74) is 3.51. The van der Waals surface area contributed by atoms with Crippen molar-refractivity contribution < 1.29 is 19.0 Å². The highest BCUT2D eigenvalue weighted by Gasteiger charge is 2.25. The molecule has 11 heteroatoms. The topological polar surface area (TPSA) is 76.2 Å². The third-order valence-electron chi connectivity index (χ3n) is 6.95. The first kappa shape index (κ1) is 29.0. The van der Waals surface area contributed by atoms with E-state index in [0.717, 1.165) is 61.3 Å². The molecule has 1 amide bonds. The number of morpholine rings is 1. The predicted molar refractivity (Wildman–Crippen MR) is 153 cm³/mol. The number of benzene rings is 1. The van der Waals surface area contributed by atoms with Crippen LogP contribution in [-0.4, -0.2) is 78.9 Å². The van der Waals surface area contributed by atoms with E-state index in [-0.39, 0.29) is 12.7 Å². The van der Waals surface area contributed by atoms with Crippen LogP contribution < -0.4 is 15.0 Å². The van der Waals surface area contributed by atoms with Crippen LogP contribution >= 0.6 is 34.8 Å². The molecule has 0 radical (unpaired) electrons. The molecule has 1 aliphatic heterocycles. The van der Waals surface area contributed by atoms with Crippen LogP contribution in [0.25, 0.3) is 11.1 Å². The number of ether oxygens (including phenoxy) is 3. The largest absolute Gasteiger partial charge is 0.474 e. The number of carbonyl (C=O) groups is 1. The molecule has 8 nitrogen and oxygen atoms in total. The molecule has 0 atom stereocenters. The molecule has 1 aromatic heterocycles. The Bertz CT molecular complexity index is 1100. The van der Waals surface area contributed by atoms with Crippen LogP contribution in [0.3, 0.4) is 0 Å². The van der Waals surface area contributed by atoms with Gasteiger partial charge in [0, 0.05) is 30.9 Å². The Balaban J connectivity index is 1.58. The summed E-state index contributed by atoms with van der Waals surface area (Å²) >= 11 is 17.1. The summed E-state index contributed by atoms with van der Waals surface area (Å²) in [6.45, 7) is 4.51. The van der Waals surface area contributed by atoms with E-state index in [2.05, 4.69) is 35.3 Å². The average molecular weight is 586 g/mol. The van der Waals surface area contributed by atoms with Crippen LogP contribution in [0.2, 0.25) is 0 Å². The molecule has 38 heavy (non-hydrogen) atoms. The Morgan fingerprint density at radius 2 is 1.84 bits per heavy atom. The number of nitrogens with zero attached hydrogens (tertiary/aromatic N) is 3. The summed E-state index contributed by atoms with van der Waals surface area (Å²) in [7, 11) is 4.27. The van der Waals surface area contributed by atoms with Crippen LogP contribution in [0.4, 0.5) is 16.3 Å². The van der Waals surface area contributed by atoms with Gasteiger partial charge in [-0.25, -0.2) is 4.79 Å². The normalized spacial score (nSPS) is 20.3. The highest BCUT2D eigenvalue weighted by Crippen LogP contribution is 2.34. The van der Waals surface area contributed by atoms with Crippen molar-refractivity contribution in [3.63, 3.8) is 0 Å². The third kappa shape index (κ3) is 8.26. The third-order valence-corrected chi connectivity index (χ3v) is 7.27. The van der Waals surface area contributed by atoms with Crippen molar-refractivity contribution in [3.05, 3.63) is 35.9 Å². The van der Waals surface area contributed by atoms with E-state index in [0.29, 0.717) is 30.8 Å². The summed E-state index contributed by atoms with van der Waals surface area (Å²) in [5, 5.41) is 2.71. The molecule has 2 heterocycles. The maximum Gasteiger partial charge on any atom is 0.411 e. The molecule has 1 N–H and O–H groups in total. The van der Waals surface area contributed by atoms with Crippen LogP contribution in [-0.2, 0) is 9.47 Å². The molecule has 0 bridgehead atoms. The molecule has 4 rings (SSSR count). The number of halogens is 3. The summed E-state index contributed by atoms with van der Waals surface area (Å²) in [6, 6.07) is 10.3. The maximum absolute atomic E-state index is 12.2. The number of hydrogen-bond acceptors (Lipinski definition) is 7. The molecule has 208 valence electrons. The Labute approximate surface area is 239 Å². The van der Waals surface area contributed by atoms with Crippen LogP contribution in [0.15, 0.2) is 30.3 Å². The molecule has 0 spiro atoms.